The lowest BCUT2D eigenvalue weighted by atomic mass is 9.96. The minimum Gasteiger partial charge on any atom is -0.490 e. The Morgan fingerprint density at radius 1 is 1.05 bits per heavy atom. The molecule has 0 fully saturated rings. The molecule has 1 aliphatic heterocycles. The lowest BCUT2D eigenvalue weighted by Crippen LogP contribution is -2.25. The van der Waals surface area contributed by atoms with Crippen molar-refractivity contribution in [2.45, 2.75) is 76.9 Å². The molecule has 2 heteroatoms. The van der Waals surface area contributed by atoms with Gasteiger partial charge in [-0.05, 0) is 18.9 Å². The number of aliphatic hydroxyl groups excluding tert-OH is 1. The Balaban J connectivity index is 1.66. The van der Waals surface area contributed by atoms with Gasteiger partial charge in [-0.3, -0.25) is 0 Å². The lowest BCUT2D eigenvalue weighted by Gasteiger charge is -2.29. The highest BCUT2D eigenvalue weighted by Gasteiger charge is 2.25. The first kappa shape index (κ1) is 15.4. The molecule has 1 aliphatic rings. The summed E-state index contributed by atoms with van der Waals surface area (Å²) in [5.74, 6) is 0.874. The highest BCUT2D eigenvalue weighted by molar-refractivity contribution is 5.36. The molecule has 2 nitrogen and oxygen atoms in total. The van der Waals surface area contributed by atoms with Crippen LogP contribution in [-0.2, 0) is 0 Å². The number of ether oxygens (including phenoxy) is 1. The minimum atomic E-state index is -0.352. The summed E-state index contributed by atoms with van der Waals surface area (Å²) in [5, 5.41) is 10.2. The largest absolute Gasteiger partial charge is 0.490 e. The van der Waals surface area contributed by atoms with E-state index < -0.39 is 0 Å². The number of benzene rings is 1. The molecule has 1 heterocycles. The van der Waals surface area contributed by atoms with Gasteiger partial charge in [0.2, 0.25) is 0 Å². The predicted octanol–water partition coefficient (Wildman–Crippen LogP) is 5.01. The van der Waals surface area contributed by atoms with Gasteiger partial charge in [0.05, 0.1) is 6.10 Å². The van der Waals surface area contributed by atoms with E-state index in [4.69, 9.17) is 4.74 Å². The number of hydrogen-bond donors (Lipinski definition) is 1. The van der Waals surface area contributed by atoms with Crippen LogP contribution in [0.15, 0.2) is 24.3 Å². The zero-order valence-corrected chi connectivity index (χ0v) is 12.7. The Hall–Kier alpha value is -1.02. The first-order valence-electron chi connectivity index (χ1n) is 8.25. The second-order valence-corrected chi connectivity index (χ2v) is 5.94. The van der Waals surface area contributed by atoms with Crippen molar-refractivity contribution in [3.8, 4) is 5.75 Å². The topological polar surface area (TPSA) is 29.5 Å². The Morgan fingerprint density at radius 3 is 2.55 bits per heavy atom. The van der Waals surface area contributed by atoms with Crippen LogP contribution >= 0.6 is 0 Å². The summed E-state index contributed by atoms with van der Waals surface area (Å²) in [6.45, 7) is 2.25. The standard InChI is InChI=1S/C18H28O2/c1-2-3-4-5-6-7-8-11-15-14-17(19)16-12-9-10-13-18(16)20-15/h9-10,12-13,15,17,19H,2-8,11,14H2,1H3/t15?,17-/m1/s1. The monoisotopic (exact) mass is 276 g/mol. The smallest absolute Gasteiger partial charge is 0.125 e. The third-order valence-electron chi connectivity index (χ3n) is 4.19. The molecule has 0 bridgehead atoms. The van der Waals surface area contributed by atoms with Crippen molar-refractivity contribution in [1.29, 1.82) is 0 Å². The molecule has 112 valence electrons. The van der Waals surface area contributed by atoms with Crippen molar-refractivity contribution in [2.75, 3.05) is 0 Å². The van der Waals surface area contributed by atoms with Gasteiger partial charge < -0.3 is 9.84 Å². The van der Waals surface area contributed by atoms with E-state index in [0.29, 0.717) is 0 Å². The van der Waals surface area contributed by atoms with Gasteiger partial charge in [-0.2, -0.15) is 0 Å². The second kappa shape index (κ2) is 8.31. The molecule has 2 rings (SSSR count). The maximum atomic E-state index is 10.2. The molecule has 2 atom stereocenters. The van der Waals surface area contributed by atoms with Crippen molar-refractivity contribution in [1.82, 2.24) is 0 Å². The summed E-state index contributed by atoms with van der Waals surface area (Å²) >= 11 is 0. The Bertz CT molecular complexity index is 389. The summed E-state index contributed by atoms with van der Waals surface area (Å²) in [6, 6.07) is 7.86. The fourth-order valence-corrected chi connectivity index (χ4v) is 2.97. The van der Waals surface area contributed by atoms with Gasteiger partial charge >= 0.3 is 0 Å². The lowest BCUT2D eigenvalue weighted by molar-refractivity contribution is 0.0605. The third-order valence-corrected chi connectivity index (χ3v) is 4.19. The SMILES string of the molecule is CCCCCCCCCC1C[C@@H](O)c2ccccc2O1. The van der Waals surface area contributed by atoms with Crippen LogP contribution in [0, 0.1) is 0 Å². The van der Waals surface area contributed by atoms with Crippen LogP contribution < -0.4 is 4.74 Å². The van der Waals surface area contributed by atoms with E-state index in [-0.39, 0.29) is 12.2 Å². The second-order valence-electron chi connectivity index (χ2n) is 5.94. The Kier molecular flexibility index (Phi) is 6.38. The number of para-hydroxylation sites is 1. The summed E-state index contributed by atoms with van der Waals surface area (Å²) in [6.07, 6.45) is 10.9. The number of hydrogen-bond acceptors (Lipinski definition) is 2. The normalized spacial score (nSPS) is 21.3. The van der Waals surface area contributed by atoms with E-state index >= 15 is 0 Å². The number of unbranched alkanes of at least 4 members (excludes halogenated alkanes) is 6. The average Bonchev–Trinajstić information content (AvgIpc) is 2.46. The maximum Gasteiger partial charge on any atom is 0.125 e. The van der Waals surface area contributed by atoms with Crippen LogP contribution in [0.2, 0.25) is 0 Å². The molecule has 1 aromatic carbocycles. The fourth-order valence-electron chi connectivity index (χ4n) is 2.97. The Morgan fingerprint density at radius 2 is 1.75 bits per heavy atom. The highest BCUT2D eigenvalue weighted by Crippen LogP contribution is 2.35. The number of aliphatic hydroxyl groups is 1. The average molecular weight is 276 g/mol. The van der Waals surface area contributed by atoms with E-state index in [1.165, 1.54) is 44.9 Å². The number of fused-ring (bicyclic) bond motifs is 1. The van der Waals surface area contributed by atoms with Crippen molar-refractivity contribution in [3.63, 3.8) is 0 Å². The quantitative estimate of drug-likeness (QED) is 0.676. The van der Waals surface area contributed by atoms with Crippen LogP contribution in [0.25, 0.3) is 0 Å². The molecule has 1 N–H and O–H groups in total. The van der Waals surface area contributed by atoms with Gasteiger partial charge in [0.1, 0.15) is 11.9 Å². The molecule has 20 heavy (non-hydrogen) atoms. The van der Waals surface area contributed by atoms with Crippen molar-refractivity contribution < 1.29 is 9.84 Å². The van der Waals surface area contributed by atoms with Crippen LogP contribution in [0.5, 0.6) is 5.75 Å². The molecule has 0 saturated carbocycles. The summed E-state index contributed by atoms with van der Waals surface area (Å²) in [5.41, 5.74) is 0.948. The van der Waals surface area contributed by atoms with Gasteiger partial charge in [0.25, 0.3) is 0 Å². The molecule has 0 aliphatic carbocycles. The van der Waals surface area contributed by atoms with Gasteiger partial charge in [-0.15, -0.1) is 0 Å². The molecule has 1 aromatic rings. The molecule has 0 amide bonds. The van der Waals surface area contributed by atoms with Crippen molar-refractivity contribution in [3.05, 3.63) is 29.8 Å². The van der Waals surface area contributed by atoms with Crippen molar-refractivity contribution >= 4 is 0 Å². The summed E-state index contributed by atoms with van der Waals surface area (Å²) in [7, 11) is 0. The maximum absolute atomic E-state index is 10.2. The minimum absolute atomic E-state index is 0.190. The van der Waals surface area contributed by atoms with Gasteiger partial charge in [-0.1, -0.05) is 63.6 Å². The third kappa shape index (κ3) is 4.52. The molecule has 0 saturated heterocycles. The fraction of sp³-hybridized carbons (Fsp3) is 0.667. The van der Waals surface area contributed by atoms with E-state index in [2.05, 4.69) is 6.92 Å². The van der Waals surface area contributed by atoms with Gasteiger partial charge in [0.15, 0.2) is 0 Å². The van der Waals surface area contributed by atoms with Crippen LogP contribution in [-0.4, -0.2) is 11.2 Å². The molecule has 0 spiro atoms. The van der Waals surface area contributed by atoms with E-state index in [0.717, 1.165) is 24.2 Å². The zero-order valence-electron chi connectivity index (χ0n) is 12.7. The first-order chi connectivity index (χ1) is 9.81. The molecule has 0 radical (unpaired) electrons. The van der Waals surface area contributed by atoms with Crippen molar-refractivity contribution in [2.24, 2.45) is 0 Å². The van der Waals surface area contributed by atoms with Crippen LogP contribution in [0.1, 0.15) is 76.4 Å². The molecule has 1 unspecified atom stereocenters. The summed E-state index contributed by atoms with van der Waals surface area (Å²) in [4.78, 5) is 0. The summed E-state index contributed by atoms with van der Waals surface area (Å²) < 4.78 is 5.99. The van der Waals surface area contributed by atoms with Crippen LogP contribution in [0.4, 0.5) is 0 Å². The number of rotatable bonds is 8. The predicted molar refractivity (Wildman–Crippen MR) is 83.0 cm³/mol. The highest BCUT2D eigenvalue weighted by atomic mass is 16.5. The molecular formula is C18H28O2. The molecular weight excluding hydrogens is 248 g/mol. The molecule has 0 aromatic heterocycles. The van der Waals surface area contributed by atoms with E-state index in [1.54, 1.807) is 0 Å². The zero-order chi connectivity index (χ0) is 14.2. The van der Waals surface area contributed by atoms with Gasteiger partial charge in [0, 0.05) is 12.0 Å². The van der Waals surface area contributed by atoms with Crippen LogP contribution in [0.3, 0.4) is 0 Å². The first-order valence-corrected chi connectivity index (χ1v) is 8.25. The van der Waals surface area contributed by atoms with E-state index in [9.17, 15) is 5.11 Å². The van der Waals surface area contributed by atoms with Gasteiger partial charge in [-0.25, -0.2) is 0 Å². The van der Waals surface area contributed by atoms with E-state index in [1.807, 2.05) is 24.3 Å². The Labute approximate surface area is 123 Å².